The van der Waals surface area contributed by atoms with Gasteiger partial charge in [-0.2, -0.15) is 0 Å². The molecular weight excluding hydrogens is 240 g/mol. The minimum absolute atomic E-state index is 0.0000643. The van der Waals surface area contributed by atoms with E-state index in [2.05, 4.69) is 20.6 Å². The average molecular weight is 255 g/mol. The second-order valence-corrected chi connectivity index (χ2v) is 4.45. The standard InChI is InChI=1S/C11H15ClN4O/c1-13-10(17)4-5-14-9-6-8(12)15-11(16-9)7-2-3-7/h6-7H,2-5H2,1H3,(H,13,17)(H,14,15,16). The Morgan fingerprint density at radius 1 is 1.53 bits per heavy atom. The molecular formula is C11H15ClN4O. The third-order valence-electron chi connectivity index (χ3n) is 2.59. The van der Waals surface area contributed by atoms with Gasteiger partial charge < -0.3 is 10.6 Å². The molecule has 0 saturated heterocycles. The van der Waals surface area contributed by atoms with Gasteiger partial charge in [-0.05, 0) is 12.8 Å². The van der Waals surface area contributed by atoms with Crippen molar-refractivity contribution in [3.63, 3.8) is 0 Å². The number of nitrogens with one attached hydrogen (secondary N) is 2. The summed E-state index contributed by atoms with van der Waals surface area (Å²) in [4.78, 5) is 19.6. The van der Waals surface area contributed by atoms with Crippen LogP contribution in [0.4, 0.5) is 5.82 Å². The van der Waals surface area contributed by atoms with Crippen LogP contribution in [0.15, 0.2) is 6.07 Å². The number of rotatable bonds is 5. The van der Waals surface area contributed by atoms with Gasteiger partial charge in [-0.25, -0.2) is 9.97 Å². The predicted octanol–water partition coefficient (Wildman–Crippen LogP) is 1.56. The zero-order valence-electron chi connectivity index (χ0n) is 9.66. The fraction of sp³-hybridized carbons (Fsp3) is 0.545. The maximum absolute atomic E-state index is 11.0. The van der Waals surface area contributed by atoms with E-state index in [0.29, 0.717) is 29.9 Å². The normalized spacial score (nSPS) is 14.5. The number of halogens is 1. The number of amides is 1. The van der Waals surface area contributed by atoms with Gasteiger partial charge in [0.2, 0.25) is 5.91 Å². The van der Waals surface area contributed by atoms with E-state index in [-0.39, 0.29) is 5.91 Å². The van der Waals surface area contributed by atoms with E-state index in [0.717, 1.165) is 18.7 Å². The minimum Gasteiger partial charge on any atom is -0.369 e. The summed E-state index contributed by atoms with van der Waals surface area (Å²) < 4.78 is 0. The van der Waals surface area contributed by atoms with Crippen molar-refractivity contribution in [2.45, 2.75) is 25.2 Å². The van der Waals surface area contributed by atoms with Crippen LogP contribution in [0, 0.1) is 0 Å². The van der Waals surface area contributed by atoms with E-state index in [4.69, 9.17) is 11.6 Å². The van der Waals surface area contributed by atoms with Crippen LogP contribution in [0.5, 0.6) is 0 Å². The Hall–Kier alpha value is -1.36. The molecule has 0 spiro atoms. The van der Waals surface area contributed by atoms with Gasteiger partial charge in [-0.15, -0.1) is 0 Å². The molecule has 1 heterocycles. The number of anilines is 1. The highest BCUT2D eigenvalue weighted by atomic mass is 35.5. The SMILES string of the molecule is CNC(=O)CCNc1cc(Cl)nc(C2CC2)n1. The van der Waals surface area contributed by atoms with E-state index in [1.54, 1.807) is 13.1 Å². The molecule has 1 aromatic rings. The van der Waals surface area contributed by atoms with E-state index in [9.17, 15) is 4.79 Å². The molecule has 1 amide bonds. The zero-order valence-corrected chi connectivity index (χ0v) is 10.4. The molecule has 0 atom stereocenters. The van der Waals surface area contributed by atoms with Crippen molar-refractivity contribution in [3.05, 3.63) is 17.0 Å². The number of hydrogen-bond donors (Lipinski definition) is 2. The van der Waals surface area contributed by atoms with Crippen LogP contribution in [0.1, 0.15) is 31.0 Å². The van der Waals surface area contributed by atoms with Gasteiger partial charge in [-0.3, -0.25) is 4.79 Å². The first-order valence-electron chi connectivity index (χ1n) is 5.68. The Bertz CT molecular complexity index is 420. The first kappa shape index (κ1) is 12.1. The molecule has 0 bridgehead atoms. The Labute approximate surface area is 105 Å². The van der Waals surface area contributed by atoms with Crippen molar-refractivity contribution in [2.75, 3.05) is 18.9 Å². The van der Waals surface area contributed by atoms with Gasteiger partial charge >= 0.3 is 0 Å². The second-order valence-electron chi connectivity index (χ2n) is 4.06. The molecule has 2 rings (SSSR count). The molecule has 1 aromatic heterocycles. The van der Waals surface area contributed by atoms with Gasteiger partial charge in [0.15, 0.2) is 0 Å². The van der Waals surface area contributed by atoms with Crippen LogP contribution < -0.4 is 10.6 Å². The van der Waals surface area contributed by atoms with Crippen LogP contribution >= 0.6 is 11.6 Å². The van der Waals surface area contributed by atoms with Crippen LogP contribution in [-0.4, -0.2) is 29.5 Å². The lowest BCUT2D eigenvalue weighted by Crippen LogP contribution is -2.21. The monoisotopic (exact) mass is 254 g/mol. The van der Waals surface area contributed by atoms with Gasteiger partial charge in [0, 0.05) is 32.0 Å². The molecule has 2 N–H and O–H groups in total. The maximum atomic E-state index is 11.0. The molecule has 92 valence electrons. The van der Waals surface area contributed by atoms with Crippen molar-refractivity contribution in [2.24, 2.45) is 0 Å². The molecule has 5 nitrogen and oxygen atoms in total. The zero-order chi connectivity index (χ0) is 12.3. The van der Waals surface area contributed by atoms with Crippen molar-refractivity contribution < 1.29 is 4.79 Å². The molecule has 17 heavy (non-hydrogen) atoms. The summed E-state index contributed by atoms with van der Waals surface area (Å²) >= 11 is 5.92. The lowest BCUT2D eigenvalue weighted by Gasteiger charge is -2.07. The summed E-state index contributed by atoms with van der Waals surface area (Å²) in [6.07, 6.45) is 2.69. The number of carbonyl (C=O) groups is 1. The highest BCUT2D eigenvalue weighted by Gasteiger charge is 2.27. The van der Waals surface area contributed by atoms with Crippen molar-refractivity contribution in [1.29, 1.82) is 0 Å². The molecule has 0 unspecified atom stereocenters. The smallest absolute Gasteiger partial charge is 0.221 e. The summed E-state index contributed by atoms with van der Waals surface area (Å²) in [5.41, 5.74) is 0. The largest absolute Gasteiger partial charge is 0.369 e. The van der Waals surface area contributed by atoms with Gasteiger partial charge in [0.1, 0.15) is 16.8 Å². The fourth-order valence-corrected chi connectivity index (χ4v) is 1.67. The molecule has 1 aliphatic carbocycles. The van der Waals surface area contributed by atoms with Crippen LogP contribution in [0.3, 0.4) is 0 Å². The number of carbonyl (C=O) groups excluding carboxylic acids is 1. The highest BCUT2D eigenvalue weighted by molar-refractivity contribution is 6.29. The lowest BCUT2D eigenvalue weighted by atomic mass is 10.3. The van der Waals surface area contributed by atoms with Crippen molar-refractivity contribution in [3.8, 4) is 0 Å². The Morgan fingerprint density at radius 2 is 2.29 bits per heavy atom. The summed E-state index contributed by atoms with van der Waals surface area (Å²) in [5.74, 6) is 1.96. The van der Waals surface area contributed by atoms with Gasteiger partial charge in [0.05, 0.1) is 0 Å². The molecule has 1 saturated carbocycles. The van der Waals surface area contributed by atoms with Crippen molar-refractivity contribution in [1.82, 2.24) is 15.3 Å². The summed E-state index contributed by atoms with van der Waals surface area (Å²) in [7, 11) is 1.62. The third-order valence-corrected chi connectivity index (χ3v) is 2.79. The average Bonchev–Trinajstić information content (AvgIpc) is 3.12. The molecule has 1 aliphatic rings. The van der Waals surface area contributed by atoms with Crippen LogP contribution in [0.2, 0.25) is 5.15 Å². The van der Waals surface area contributed by atoms with Crippen LogP contribution in [-0.2, 0) is 4.79 Å². The first-order valence-corrected chi connectivity index (χ1v) is 6.06. The number of nitrogens with zero attached hydrogens (tertiary/aromatic N) is 2. The Kier molecular flexibility index (Phi) is 3.78. The molecule has 0 aromatic carbocycles. The summed E-state index contributed by atoms with van der Waals surface area (Å²) in [6.45, 7) is 0.539. The summed E-state index contributed by atoms with van der Waals surface area (Å²) in [6, 6.07) is 1.68. The van der Waals surface area contributed by atoms with E-state index >= 15 is 0 Å². The van der Waals surface area contributed by atoms with E-state index in [1.807, 2.05) is 0 Å². The van der Waals surface area contributed by atoms with E-state index in [1.165, 1.54) is 0 Å². The molecule has 0 radical (unpaired) electrons. The number of aromatic nitrogens is 2. The fourth-order valence-electron chi connectivity index (χ4n) is 1.48. The highest BCUT2D eigenvalue weighted by Crippen LogP contribution is 2.38. The van der Waals surface area contributed by atoms with E-state index < -0.39 is 0 Å². The van der Waals surface area contributed by atoms with Gasteiger partial charge in [0.25, 0.3) is 0 Å². The third kappa shape index (κ3) is 3.56. The van der Waals surface area contributed by atoms with Crippen molar-refractivity contribution >= 4 is 23.3 Å². The quantitative estimate of drug-likeness (QED) is 0.783. The molecule has 6 heteroatoms. The maximum Gasteiger partial charge on any atom is 0.221 e. The molecule has 0 aliphatic heterocycles. The number of hydrogen-bond acceptors (Lipinski definition) is 4. The predicted molar refractivity (Wildman–Crippen MR) is 66.2 cm³/mol. The minimum atomic E-state index is 0.0000643. The van der Waals surface area contributed by atoms with Crippen LogP contribution in [0.25, 0.3) is 0 Å². The second kappa shape index (κ2) is 5.31. The topological polar surface area (TPSA) is 66.9 Å². The molecule has 1 fully saturated rings. The lowest BCUT2D eigenvalue weighted by molar-refractivity contribution is -0.120. The summed E-state index contributed by atoms with van der Waals surface area (Å²) in [5, 5.41) is 6.09. The Morgan fingerprint density at radius 3 is 2.94 bits per heavy atom. The van der Waals surface area contributed by atoms with Gasteiger partial charge in [-0.1, -0.05) is 11.6 Å². The Balaban J connectivity index is 1.93. The first-order chi connectivity index (χ1) is 8.19.